The zero-order valence-electron chi connectivity index (χ0n) is 13.9. The Kier molecular flexibility index (Phi) is 6.34. The molecule has 0 amide bonds. The maximum atomic E-state index is 13.2. The lowest BCUT2D eigenvalue weighted by atomic mass is 10.1. The van der Waals surface area contributed by atoms with Gasteiger partial charge in [0.25, 0.3) is 0 Å². The average molecular weight is 337 g/mol. The van der Waals surface area contributed by atoms with E-state index in [-0.39, 0.29) is 6.54 Å². The van der Waals surface area contributed by atoms with Crippen LogP contribution in [0.15, 0.2) is 48.7 Å². The van der Waals surface area contributed by atoms with Gasteiger partial charge in [0.15, 0.2) is 0 Å². The molecule has 0 saturated carbocycles. The highest BCUT2D eigenvalue weighted by atomic mass is 19.4. The largest absolute Gasteiger partial charge is 0.416 e. The molecule has 0 atom stereocenters. The fraction of sp³-hybridized carbons (Fsp3) is 0.389. The SMILES string of the molecule is CN(C)CCN(Cc1ccccn1)Cc1ccccc1C(F)(F)F. The molecule has 130 valence electrons. The second-order valence-corrected chi connectivity index (χ2v) is 5.99. The summed E-state index contributed by atoms with van der Waals surface area (Å²) in [5.41, 5.74) is 0.571. The summed E-state index contributed by atoms with van der Waals surface area (Å²) in [6.07, 6.45) is -2.64. The third-order valence-corrected chi connectivity index (χ3v) is 3.69. The van der Waals surface area contributed by atoms with Gasteiger partial charge in [-0.25, -0.2) is 0 Å². The van der Waals surface area contributed by atoms with Crippen LogP contribution in [-0.4, -0.2) is 42.0 Å². The van der Waals surface area contributed by atoms with Gasteiger partial charge in [-0.05, 0) is 37.9 Å². The molecule has 2 aromatic rings. The maximum Gasteiger partial charge on any atom is 0.416 e. The van der Waals surface area contributed by atoms with Gasteiger partial charge < -0.3 is 4.90 Å². The number of hydrogen-bond acceptors (Lipinski definition) is 3. The summed E-state index contributed by atoms with van der Waals surface area (Å²) >= 11 is 0. The fourth-order valence-corrected chi connectivity index (χ4v) is 2.45. The number of pyridine rings is 1. The topological polar surface area (TPSA) is 19.4 Å². The number of alkyl halides is 3. The molecular weight excluding hydrogens is 315 g/mol. The van der Waals surface area contributed by atoms with E-state index in [1.54, 1.807) is 18.3 Å². The molecule has 1 aromatic heterocycles. The summed E-state index contributed by atoms with van der Waals surface area (Å²) in [7, 11) is 3.89. The highest BCUT2D eigenvalue weighted by Crippen LogP contribution is 2.32. The molecule has 0 aliphatic heterocycles. The number of nitrogens with zero attached hydrogens (tertiary/aromatic N) is 3. The van der Waals surface area contributed by atoms with E-state index in [0.717, 1.165) is 18.3 Å². The summed E-state index contributed by atoms with van der Waals surface area (Å²) in [6, 6.07) is 11.4. The predicted molar refractivity (Wildman–Crippen MR) is 88.3 cm³/mol. The number of rotatable bonds is 7. The molecule has 0 N–H and O–H groups in total. The average Bonchev–Trinajstić information content (AvgIpc) is 2.53. The zero-order chi connectivity index (χ0) is 17.6. The first-order chi connectivity index (χ1) is 11.4. The Hall–Kier alpha value is -1.92. The number of likely N-dealkylation sites (N-methyl/N-ethyl adjacent to an activating group) is 1. The third kappa shape index (κ3) is 5.62. The molecule has 0 spiro atoms. The van der Waals surface area contributed by atoms with E-state index in [1.807, 2.05) is 42.1 Å². The van der Waals surface area contributed by atoms with Crippen LogP contribution in [-0.2, 0) is 19.3 Å². The van der Waals surface area contributed by atoms with Crippen molar-refractivity contribution in [2.45, 2.75) is 19.3 Å². The Balaban J connectivity index is 2.19. The van der Waals surface area contributed by atoms with Crippen molar-refractivity contribution in [1.29, 1.82) is 0 Å². The zero-order valence-corrected chi connectivity index (χ0v) is 13.9. The van der Waals surface area contributed by atoms with Gasteiger partial charge in [-0.2, -0.15) is 13.2 Å². The van der Waals surface area contributed by atoms with E-state index in [2.05, 4.69) is 4.98 Å². The standard InChI is InChI=1S/C18H22F3N3/c1-23(2)11-12-24(14-16-8-5-6-10-22-16)13-15-7-3-4-9-17(15)18(19,20)21/h3-10H,11-14H2,1-2H3. The van der Waals surface area contributed by atoms with Crippen molar-refractivity contribution in [1.82, 2.24) is 14.8 Å². The summed E-state index contributed by atoms with van der Waals surface area (Å²) < 4.78 is 39.6. The highest BCUT2D eigenvalue weighted by molar-refractivity contribution is 5.29. The second kappa shape index (κ2) is 8.26. The molecule has 0 bridgehead atoms. The van der Waals surface area contributed by atoms with E-state index >= 15 is 0 Å². The molecule has 0 aliphatic carbocycles. The highest BCUT2D eigenvalue weighted by Gasteiger charge is 2.33. The Morgan fingerprint density at radius 2 is 1.62 bits per heavy atom. The van der Waals surface area contributed by atoms with Crippen molar-refractivity contribution in [2.75, 3.05) is 27.2 Å². The van der Waals surface area contributed by atoms with Gasteiger partial charge in [-0.1, -0.05) is 24.3 Å². The van der Waals surface area contributed by atoms with E-state index in [0.29, 0.717) is 18.7 Å². The first-order valence-corrected chi connectivity index (χ1v) is 7.78. The van der Waals surface area contributed by atoms with Gasteiger partial charge in [-0.3, -0.25) is 9.88 Å². The number of halogens is 3. The van der Waals surface area contributed by atoms with Gasteiger partial charge in [0.2, 0.25) is 0 Å². The minimum Gasteiger partial charge on any atom is -0.308 e. The van der Waals surface area contributed by atoms with Crippen molar-refractivity contribution in [3.05, 3.63) is 65.5 Å². The van der Waals surface area contributed by atoms with Crippen molar-refractivity contribution >= 4 is 0 Å². The first-order valence-electron chi connectivity index (χ1n) is 7.78. The number of benzene rings is 1. The van der Waals surface area contributed by atoms with Crippen LogP contribution in [0.2, 0.25) is 0 Å². The minimum atomic E-state index is -4.34. The lowest BCUT2D eigenvalue weighted by Crippen LogP contribution is -2.32. The van der Waals surface area contributed by atoms with Crippen molar-refractivity contribution in [3.63, 3.8) is 0 Å². The van der Waals surface area contributed by atoms with Gasteiger partial charge in [0, 0.05) is 32.4 Å². The second-order valence-electron chi connectivity index (χ2n) is 5.99. The Labute approximate surface area is 140 Å². The molecule has 3 nitrogen and oxygen atoms in total. The lowest BCUT2D eigenvalue weighted by molar-refractivity contribution is -0.138. The third-order valence-electron chi connectivity index (χ3n) is 3.69. The molecule has 0 saturated heterocycles. The molecule has 24 heavy (non-hydrogen) atoms. The summed E-state index contributed by atoms with van der Waals surface area (Å²) in [5, 5.41) is 0. The van der Waals surface area contributed by atoms with Crippen LogP contribution < -0.4 is 0 Å². The Bertz CT molecular complexity index is 627. The van der Waals surface area contributed by atoms with Gasteiger partial charge in [0.1, 0.15) is 0 Å². The quantitative estimate of drug-likeness (QED) is 0.769. The van der Waals surface area contributed by atoms with Crippen LogP contribution >= 0.6 is 0 Å². The van der Waals surface area contributed by atoms with Crippen molar-refractivity contribution < 1.29 is 13.2 Å². The van der Waals surface area contributed by atoms with Crippen LogP contribution in [0.1, 0.15) is 16.8 Å². The molecule has 0 radical (unpaired) electrons. The molecular formula is C18H22F3N3. The van der Waals surface area contributed by atoms with Gasteiger partial charge in [-0.15, -0.1) is 0 Å². The van der Waals surface area contributed by atoms with Crippen molar-refractivity contribution in [2.24, 2.45) is 0 Å². The summed E-state index contributed by atoms with van der Waals surface area (Å²) in [4.78, 5) is 8.29. The van der Waals surface area contributed by atoms with Crippen molar-refractivity contribution in [3.8, 4) is 0 Å². The summed E-state index contributed by atoms with van der Waals surface area (Å²) in [5.74, 6) is 0. The molecule has 0 unspecified atom stereocenters. The van der Waals surface area contributed by atoms with Gasteiger partial charge >= 0.3 is 6.18 Å². The molecule has 1 aromatic carbocycles. The van der Waals surface area contributed by atoms with Crippen LogP contribution in [0, 0.1) is 0 Å². The Morgan fingerprint density at radius 1 is 0.917 bits per heavy atom. The van der Waals surface area contributed by atoms with E-state index in [1.165, 1.54) is 6.07 Å². The monoisotopic (exact) mass is 337 g/mol. The normalized spacial score (nSPS) is 12.1. The smallest absolute Gasteiger partial charge is 0.308 e. The van der Waals surface area contributed by atoms with Gasteiger partial charge in [0.05, 0.1) is 11.3 Å². The van der Waals surface area contributed by atoms with E-state index in [9.17, 15) is 13.2 Å². The maximum absolute atomic E-state index is 13.2. The number of aromatic nitrogens is 1. The van der Waals surface area contributed by atoms with Crippen LogP contribution in [0.3, 0.4) is 0 Å². The predicted octanol–water partition coefficient (Wildman–Crippen LogP) is 3.66. The first kappa shape index (κ1) is 18.4. The fourth-order valence-electron chi connectivity index (χ4n) is 2.45. The minimum absolute atomic E-state index is 0.236. The van der Waals surface area contributed by atoms with Crippen LogP contribution in [0.5, 0.6) is 0 Å². The van der Waals surface area contributed by atoms with E-state index in [4.69, 9.17) is 0 Å². The molecule has 0 fully saturated rings. The van der Waals surface area contributed by atoms with E-state index < -0.39 is 11.7 Å². The number of hydrogen-bond donors (Lipinski definition) is 0. The summed E-state index contributed by atoms with van der Waals surface area (Å²) in [6.45, 7) is 2.18. The molecule has 2 rings (SSSR count). The van der Waals surface area contributed by atoms with Crippen LogP contribution in [0.4, 0.5) is 13.2 Å². The molecule has 0 aliphatic rings. The molecule has 6 heteroatoms. The molecule has 1 heterocycles. The Morgan fingerprint density at radius 3 is 2.25 bits per heavy atom. The lowest BCUT2D eigenvalue weighted by Gasteiger charge is -2.25. The van der Waals surface area contributed by atoms with Crippen LogP contribution in [0.25, 0.3) is 0 Å².